The second kappa shape index (κ2) is 14.1. The largest absolute Gasteiger partial charge is 0.354 e. The highest BCUT2D eigenvalue weighted by atomic mass is 35.5. The Bertz CT molecular complexity index is 1330. The quantitative estimate of drug-likeness (QED) is 0.273. The number of nitrogens with one attached hydrogen (secondary N) is 1. The van der Waals surface area contributed by atoms with Crippen LogP contribution in [0.25, 0.3) is 0 Å². The maximum absolute atomic E-state index is 14.0. The number of hydrogen-bond acceptors (Lipinski definition) is 4. The molecule has 0 radical (unpaired) electrons. The Hall–Kier alpha value is -3.36. The van der Waals surface area contributed by atoms with Gasteiger partial charge in [-0.3, -0.25) is 13.9 Å². The Labute approximate surface area is 236 Å². The smallest absolute Gasteiger partial charge is 0.264 e. The fraction of sp³-hybridized carbons (Fsp3) is 0.333. The molecule has 39 heavy (non-hydrogen) atoms. The second-order valence-corrected chi connectivity index (χ2v) is 11.7. The van der Waals surface area contributed by atoms with Crippen LogP contribution in [-0.2, 0) is 26.2 Å². The number of amides is 2. The molecule has 0 bridgehead atoms. The van der Waals surface area contributed by atoms with E-state index in [-0.39, 0.29) is 17.3 Å². The predicted octanol–water partition coefficient (Wildman–Crippen LogP) is 5.57. The van der Waals surface area contributed by atoms with Gasteiger partial charge in [0.05, 0.1) is 10.6 Å². The van der Waals surface area contributed by atoms with Gasteiger partial charge < -0.3 is 10.2 Å². The second-order valence-electron chi connectivity index (χ2n) is 9.38. The first-order chi connectivity index (χ1) is 18.7. The van der Waals surface area contributed by atoms with E-state index in [4.69, 9.17) is 11.6 Å². The molecule has 208 valence electrons. The number of aryl methyl sites for hydroxylation is 1. The van der Waals surface area contributed by atoms with E-state index in [0.717, 1.165) is 28.3 Å². The molecule has 2 amide bonds. The summed E-state index contributed by atoms with van der Waals surface area (Å²) in [6, 6.07) is 21.4. The lowest BCUT2D eigenvalue weighted by atomic mass is 10.1. The summed E-state index contributed by atoms with van der Waals surface area (Å²) in [4.78, 5) is 28.7. The first kappa shape index (κ1) is 30.2. The molecule has 3 aromatic rings. The van der Waals surface area contributed by atoms with Gasteiger partial charge >= 0.3 is 0 Å². The van der Waals surface area contributed by atoms with Crippen LogP contribution in [0.1, 0.15) is 44.2 Å². The van der Waals surface area contributed by atoms with Crippen LogP contribution in [0.15, 0.2) is 83.8 Å². The minimum atomic E-state index is -4.11. The molecular weight excluding hydrogens is 534 g/mol. The van der Waals surface area contributed by atoms with Crippen LogP contribution >= 0.6 is 11.6 Å². The molecule has 0 heterocycles. The fourth-order valence-corrected chi connectivity index (χ4v) is 5.72. The van der Waals surface area contributed by atoms with E-state index in [1.54, 1.807) is 36.4 Å². The van der Waals surface area contributed by atoms with Crippen molar-refractivity contribution >= 4 is 39.1 Å². The summed E-state index contributed by atoms with van der Waals surface area (Å²) in [5.41, 5.74) is 2.05. The SMILES string of the molecule is CCCCNC(=O)[C@@H](CC)N(Cc1ccccc1)C(=O)CN(c1ccc(Cl)cc1)S(=O)(=O)c1ccc(C)cc1. The van der Waals surface area contributed by atoms with E-state index >= 15 is 0 Å². The number of anilines is 1. The molecule has 7 nitrogen and oxygen atoms in total. The average Bonchev–Trinajstić information content (AvgIpc) is 2.93. The fourth-order valence-electron chi connectivity index (χ4n) is 4.18. The molecular formula is C30H36ClN3O4S. The van der Waals surface area contributed by atoms with Crippen LogP contribution in [0.3, 0.4) is 0 Å². The van der Waals surface area contributed by atoms with E-state index in [1.165, 1.54) is 17.0 Å². The van der Waals surface area contributed by atoms with E-state index in [9.17, 15) is 18.0 Å². The molecule has 0 unspecified atom stereocenters. The summed E-state index contributed by atoms with van der Waals surface area (Å²) in [5.74, 6) is -0.739. The summed E-state index contributed by atoms with van der Waals surface area (Å²) in [6.45, 7) is 5.94. The van der Waals surface area contributed by atoms with Crippen molar-refractivity contribution in [2.24, 2.45) is 0 Å². The van der Waals surface area contributed by atoms with Crippen molar-refractivity contribution in [1.29, 1.82) is 0 Å². The van der Waals surface area contributed by atoms with E-state index in [1.807, 2.05) is 51.1 Å². The number of sulfonamides is 1. The van der Waals surface area contributed by atoms with E-state index in [2.05, 4.69) is 5.32 Å². The van der Waals surface area contributed by atoms with Crippen LogP contribution in [0.2, 0.25) is 5.02 Å². The third kappa shape index (κ3) is 8.07. The Kier molecular flexibility index (Phi) is 10.9. The average molecular weight is 570 g/mol. The third-order valence-electron chi connectivity index (χ3n) is 6.41. The lowest BCUT2D eigenvalue weighted by Gasteiger charge is -2.33. The number of carbonyl (C=O) groups excluding carboxylic acids is 2. The van der Waals surface area contributed by atoms with Gasteiger partial charge in [-0.05, 0) is 61.7 Å². The standard InChI is InChI=1S/C30H36ClN3O4S/c1-4-6-20-32-30(36)28(5-2)33(21-24-10-8-7-9-11-24)29(35)22-34(26-16-14-25(31)15-17-26)39(37,38)27-18-12-23(3)13-19-27/h7-19,28H,4-6,20-22H2,1-3H3,(H,32,36)/t28-/m1/s1. The van der Waals surface area contributed by atoms with Gasteiger partial charge in [0.2, 0.25) is 11.8 Å². The van der Waals surface area contributed by atoms with Gasteiger partial charge in [0.25, 0.3) is 10.0 Å². The van der Waals surface area contributed by atoms with Gasteiger partial charge in [0, 0.05) is 18.1 Å². The monoisotopic (exact) mass is 569 g/mol. The minimum absolute atomic E-state index is 0.0646. The summed E-state index contributed by atoms with van der Waals surface area (Å²) in [6.07, 6.45) is 2.13. The summed E-state index contributed by atoms with van der Waals surface area (Å²) >= 11 is 6.07. The molecule has 9 heteroatoms. The molecule has 0 aromatic heterocycles. The zero-order valence-electron chi connectivity index (χ0n) is 22.6. The zero-order chi connectivity index (χ0) is 28.4. The Balaban J connectivity index is 2.01. The Morgan fingerprint density at radius 1 is 0.923 bits per heavy atom. The van der Waals surface area contributed by atoms with Crippen molar-refractivity contribution in [3.05, 3.63) is 95.0 Å². The van der Waals surface area contributed by atoms with Gasteiger partial charge in [0.15, 0.2) is 0 Å². The molecule has 1 N–H and O–H groups in total. The van der Waals surface area contributed by atoms with E-state index < -0.39 is 28.5 Å². The number of carbonyl (C=O) groups is 2. The first-order valence-electron chi connectivity index (χ1n) is 13.1. The van der Waals surface area contributed by atoms with Crippen molar-refractivity contribution < 1.29 is 18.0 Å². The van der Waals surface area contributed by atoms with Crippen molar-refractivity contribution in [1.82, 2.24) is 10.2 Å². The number of rotatable bonds is 13. The summed E-state index contributed by atoms with van der Waals surface area (Å²) < 4.78 is 28.8. The van der Waals surface area contributed by atoms with Crippen LogP contribution in [0, 0.1) is 6.92 Å². The molecule has 0 saturated heterocycles. The molecule has 1 atom stereocenters. The topological polar surface area (TPSA) is 86.8 Å². The lowest BCUT2D eigenvalue weighted by molar-refractivity contribution is -0.140. The molecule has 0 aliphatic carbocycles. The molecule has 0 saturated carbocycles. The number of benzene rings is 3. The normalized spacial score (nSPS) is 12.0. The van der Waals surface area contributed by atoms with Crippen molar-refractivity contribution in [3.63, 3.8) is 0 Å². The number of hydrogen-bond donors (Lipinski definition) is 1. The van der Waals surface area contributed by atoms with E-state index in [0.29, 0.717) is 23.7 Å². The molecule has 0 spiro atoms. The summed E-state index contributed by atoms with van der Waals surface area (Å²) in [5, 5.41) is 3.37. The van der Waals surface area contributed by atoms with Gasteiger partial charge in [0.1, 0.15) is 12.6 Å². The first-order valence-corrected chi connectivity index (χ1v) is 14.9. The van der Waals surface area contributed by atoms with Gasteiger partial charge in [-0.1, -0.05) is 79.9 Å². The van der Waals surface area contributed by atoms with Gasteiger partial charge in [-0.2, -0.15) is 0 Å². The number of unbranched alkanes of at least 4 members (excludes halogenated alkanes) is 1. The third-order valence-corrected chi connectivity index (χ3v) is 8.45. The highest BCUT2D eigenvalue weighted by molar-refractivity contribution is 7.92. The highest BCUT2D eigenvalue weighted by Gasteiger charge is 2.33. The number of nitrogens with zero attached hydrogens (tertiary/aromatic N) is 2. The lowest BCUT2D eigenvalue weighted by Crippen LogP contribution is -2.52. The maximum atomic E-state index is 14.0. The van der Waals surface area contributed by atoms with Crippen molar-refractivity contribution in [2.45, 2.75) is 57.5 Å². The molecule has 0 fully saturated rings. The van der Waals surface area contributed by atoms with Crippen LogP contribution in [0.4, 0.5) is 5.69 Å². The molecule has 0 aliphatic heterocycles. The molecule has 3 aromatic carbocycles. The molecule has 0 aliphatic rings. The Morgan fingerprint density at radius 3 is 2.15 bits per heavy atom. The Morgan fingerprint density at radius 2 is 1.56 bits per heavy atom. The maximum Gasteiger partial charge on any atom is 0.264 e. The van der Waals surface area contributed by atoms with Crippen molar-refractivity contribution in [2.75, 3.05) is 17.4 Å². The van der Waals surface area contributed by atoms with Crippen LogP contribution in [-0.4, -0.2) is 44.3 Å². The minimum Gasteiger partial charge on any atom is -0.354 e. The number of halogens is 1. The van der Waals surface area contributed by atoms with Crippen LogP contribution < -0.4 is 9.62 Å². The highest BCUT2D eigenvalue weighted by Crippen LogP contribution is 2.26. The molecule has 3 rings (SSSR count). The zero-order valence-corrected chi connectivity index (χ0v) is 24.2. The van der Waals surface area contributed by atoms with Gasteiger partial charge in [-0.25, -0.2) is 8.42 Å². The van der Waals surface area contributed by atoms with Crippen LogP contribution in [0.5, 0.6) is 0 Å². The predicted molar refractivity (Wildman–Crippen MR) is 156 cm³/mol. The van der Waals surface area contributed by atoms with Crippen molar-refractivity contribution in [3.8, 4) is 0 Å². The summed E-state index contributed by atoms with van der Waals surface area (Å²) in [7, 11) is -4.11. The van der Waals surface area contributed by atoms with Gasteiger partial charge in [-0.15, -0.1) is 0 Å².